The Balaban J connectivity index is 2.28. The number of amides is 3. The largest absolute Gasteiger partial charge is 0.444 e. The SMILES string of the molecule is CNC(=O)NC(=O)[C@H](OC(=O)c1ccc([N+](=O)[O-])c(C)c1)c1ccccc1. The molecule has 27 heavy (non-hydrogen) atoms. The minimum absolute atomic E-state index is 0.0479. The number of carbonyl (C=O) groups is 3. The molecule has 2 N–H and O–H groups in total. The quantitative estimate of drug-likeness (QED) is 0.471. The van der Waals surface area contributed by atoms with Gasteiger partial charge in [-0.25, -0.2) is 9.59 Å². The molecule has 0 fully saturated rings. The molecular formula is C18H17N3O6. The maximum Gasteiger partial charge on any atom is 0.339 e. The average Bonchev–Trinajstić information content (AvgIpc) is 2.65. The Morgan fingerprint density at radius 3 is 2.33 bits per heavy atom. The van der Waals surface area contributed by atoms with Gasteiger partial charge in [0.2, 0.25) is 6.10 Å². The summed E-state index contributed by atoms with van der Waals surface area (Å²) in [6.45, 7) is 1.49. The van der Waals surface area contributed by atoms with E-state index in [1.165, 1.54) is 32.2 Å². The highest BCUT2D eigenvalue weighted by Gasteiger charge is 2.27. The van der Waals surface area contributed by atoms with E-state index in [1.807, 2.05) is 0 Å². The zero-order chi connectivity index (χ0) is 20.0. The third kappa shape index (κ3) is 4.88. The van der Waals surface area contributed by atoms with Crippen LogP contribution in [-0.2, 0) is 9.53 Å². The second-order valence-electron chi connectivity index (χ2n) is 5.52. The molecule has 2 rings (SSSR count). The van der Waals surface area contributed by atoms with Crippen LogP contribution in [0.1, 0.15) is 27.6 Å². The Morgan fingerprint density at radius 1 is 1.11 bits per heavy atom. The Bertz CT molecular complexity index is 882. The highest BCUT2D eigenvalue weighted by atomic mass is 16.6. The minimum atomic E-state index is -1.37. The van der Waals surface area contributed by atoms with Crippen LogP contribution in [0.4, 0.5) is 10.5 Å². The first-order chi connectivity index (χ1) is 12.8. The molecular weight excluding hydrogens is 354 g/mol. The van der Waals surface area contributed by atoms with Crippen molar-refractivity contribution in [1.29, 1.82) is 0 Å². The van der Waals surface area contributed by atoms with E-state index in [9.17, 15) is 24.5 Å². The number of hydrogen-bond acceptors (Lipinski definition) is 6. The van der Waals surface area contributed by atoms with Crippen LogP contribution >= 0.6 is 0 Å². The lowest BCUT2D eigenvalue weighted by Crippen LogP contribution is -2.41. The molecule has 0 unspecified atom stereocenters. The Kier molecular flexibility index (Phi) is 6.21. The molecule has 0 heterocycles. The van der Waals surface area contributed by atoms with E-state index in [0.717, 1.165) is 0 Å². The van der Waals surface area contributed by atoms with Crippen molar-refractivity contribution < 1.29 is 24.0 Å². The number of nitro groups is 1. The first kappa shape index (κ1) is 19.6. The highest BCUT2D eigenvalue weighted by molar-refractivity contribution is 5.99. The number of aryl methyl sites for hydroxylation is 1. The van der Waals surface area contributed by atoms with E-state index < -0.39 is 28.9 Å². The first-order valence-electron chi connectivity index (χ1n) is 7.87. The number of hydrogen-bond donors (Lipinski definition) is 2. The lowest BCUT2D eigenvalue weighted by molar-refractivity contribution is -0.385. The van der Waals surface area contributed by atoms with Gasteiger partial charge in [0, 0.05) is 24.2 Å². The van der Waals surface area contributed by atoms with Crippen LogP contribution in [0.3, 0.4) is 0 Å². The minimum Gasteiger partial charge on any atom is -0.444 e. The van der Waals surface area contributed by atoms with Crippen molar-refractivity contribution >= 4 is 23.6 Å². The van der Waals surface area contributed by atoms with Crippen molar-refractivity contribution in [2.24, 2.45) is 0 Å². The molecule has 9 heteroatoms. The van der Waals surface area contributed by atoms with Crippen LogP contribution in [0, 0.1) is 17.0 Å². The molecule has 9 nitrogen and oxygen atoms in total. The van der Waals surface area contributed by atoms with Gasteiger partial charge in [0.25, 0.3) is 11.6 Å². The molecule has 0 saturated carbocycles. The van der Waals surface area contributed by atoms with E-state index in [0.29, 0.717) is 5.56 Å². The van der Waals surface area contributed by atoms with Crippen molar-refractivity contribution in [1.82, 2.24) is 10.6 Å². The summed E-state index contributed by atoms with van der Waals surface area (Å²) in [5.74, 6) is -1.68. The van der Waals surface area contributed by atoms with Crippen LogP contribution in [-0.4, -0.2) is 29.9 Å². The molecule has 0 spiro atoms. The number of rotatable bonds is 5. The number of imide groups is 1. The maximum absolute atomic E-state index is 12.4. The fourth-order valence-electron chi connectivity index (χ4n) is 2.30. The third-order valence-electron chi connectivity index (χ3n) is 3.66. The van der Waals surface area contributed by atoms with Crippen molar-refractivity contribution in [3.63, 3.8) is 0 Å². The van der Waals surface area contributed by atoms with Crippen LogP contribution in [0.5, 0.6) is 0 Å². The van der Waals surface area contributed by atoms with Crippen LogP contribution in [0.15, 0.2) is 48.5 Å². The van der Waals surface area contributed by atoms with Gasteiger partial charge in [-0.1, -0.05) is 30.3 Å². The summed E-state index contributed by atoms with van der Waals surface area (Å²) >= 11 is 0. The summed E-state index contributed by atoms with van der Waals surface area (Å²) < 4.78 is 5.28. The van der Waals surface area contributed by atoms with E-state index in [-0.39, 0.29) is 16.8 Å². The number of nitrogens with zero attached hydrogens (tertiary/aromatic N) is 1. The van der Waals surface area contributed by atoms with Crippen LogP contribution in [0.25, 0.3) is 0 Å². The fourth-order valence-corrected chi connectivity index (χ4v) is 2.30. The molecule has 0 saturated heterocycles. The molecule has 2 aromatic rings. The fraction of sp³-hybridized carbons (Fsp3) is 0.167. The molecule has 3 amide bonds. The zero-order valence-corrected chi connectivity index (χ0v) is 14.6. The third-order valence-corrected chi connectivity index (χ3v) is 3.66. The number of esters is 1. The van der Waals surface area contributed by atoms with Crippen molar-refractivity contribution in [2.45, 2.75) is 13.0 Å². The molecule has 140 valence electrons. The van der Waals surface area contributed by atoms with Crippen molar-refractivity contribution in [3.05, 3.63) is 75.3 Å². The summed E-state index contributed by atoms with van der Waals surface area (Å²) in [4.78, 5) is 46.5. The second kappa shape index (κ2) is 8.56. The van der Waals surface area contributed by atoms with Gasteiger partial charge in [0.1, 0.15) is 0 Å². The van der Waals surface area contributed by atoms with Gasteiger partial charge >= 0.3 is 12.0 Å². The molecule has 0 aliphatic carbocycles. The van der Waals surface area contributed by atoms with E-state index in [2.05, 4.69) is 10.6 Å². The van der Waals surface area contributed by atoms with Gasteiger partial charge in [-0.15, -0.1) is 0 Å². The number of nitro benzene ring substituents is 1. The van der Waals surface area contributed by atoms with E-state index in [1.54, 1.807) is 30.3 Å². The van der Waals surface area contributed by atoms with Crippen LogP contribution < -0.4 is 10.6 Å². The predicted octanol–water partition coefficient (Wildman–Crippen LogP) is 2.26. The van der Waals surface area contributed by atoms with Crippen molar-refractivity contribution in [2.75, 3.05) is 7.05 Å². The number of carbonyl (C=O) groups excluding carboxylic acids is 3. The number of ether oxygens (including phenoxy) is 1. The van der Waals surface area contributed by atoms with Crippen LogP contribution in [0.2, 0.25) is 0 Å². The highest BCUT2D eigenvalue weighted by Crippen LogP contribution is 2.23. The summed E-state index contributed by atoms with van der Waals surface area (Å²) in [5.41, 5.74) is 0.557. The maximum atomic E-state index is 12.4. The molecule has 1 atom stereocenters. The predicted molar refractivity (Wildman–Crippen MR) is 95.0 cm³/mol. The lowest BCUT2D eigenvalue weighted by atomic mass is 10.1. The second-order valence-corrected chi connectivity index (χ2v) is 5.52. The molecule has 0 bridgehead atoms. The van der Waals surface area contributed by atoms with Gasteiger partial charge in [0.05, 0.1) is 10.5 Å². The van der Waals surface area contributed by atoms with E-state index in [4.69, 9.17) is 4.74 Å². The normalized spacial score (nSPS) is 11.2. The Hall–Kier alpha value is -3.75. The summed E-state index contributed by atoms with van der Waals surface area (Å²) in [6.07, 6.45) is -1.37. The molecule has 0 aliphatic heterocycles. The summed E-state index contributed by atoms with van der Waals surface area (Å²) in [7, 11) is 1.34. The van der Waals surface area contributed by atoms with Gasteiger partial charge < -0.3 is 10.1 Å². The topological polar surface area (TPSA) is 128 Å². The standard InChI is InChI=1S/C18H17N3O6/c1-11-10-13(8-9-14(11)21(25)26)17(23)27-15(12-6-4-3-5-7-12)16(22)20-18(24)19-2/h3-10,15H,1-2H3,(H2,19,20,22,24)/t15-/m1/s1. The number of urea groups is 1. The molecule has 0 radical (unpaired) electrons. The van der Waals surface area contributed by atoms with Crippen molar-refractivity contribution in [3.8, 4) is 0 Å². The average molecular weight is 371 g/mol. The van der Waals surface area contributed by atoms with Gasteiger partial charge in [-0.05, 0) is 19.1 Å². The Labute approximate surface area is 154 Å². The lowest BCUT2D eigenvalue weighted by Gasteiger charge is -2.17. The molecule has 2 aromatic carbocycles. The smallest absolute Gasteiger partial charge is 0.339 e. The number of nitrogens with one attached hydrogen (secondary N) is 2. The van der Waals surface area contributed by atoms with Gasteiger partial charge in [-0.3, -0.25) is 20.2 Å². The zero-order valence-electron chi connectivity index (χ0n) is 14.6. The molecule has 0 aromatic heterocycles. The Morgan fingerprint density at radius 2 is 1.78 bits per heavy atom. The van der Waals surface area contributed by atoms with Gasteiger partial charge in [0.15, 0.2) is 0 Å². The first-order valence-corrected chi connectivity index (χ1v) is 7.87. The monoisotopic (exact) mass is 371 g/mol. The summed E-state index contributed by atoms with van der Waals surface area (Å²) in [6, 6.07) is 11.2. The molecule has 0 aliphatic rings. The number of benzene rings is 2. The van der Waals surface area contributed by atoms with E-state index >= 15 is 0 Å². The summed E-state index contributed by atoms with van der Waals surface area (Å²) in [5, 5.41) is 15.2. The van der Waals surface area contributed by atoms with Gasteiger partial charge in [-0.2, -0.15) is 0 Å².